The third kappa shape index (κ3) is 7.17. The molecule has 0 radical (unpaired) electrons. The maximum absolute atomic E-state index is 12.5. The summed E-state index contributed by atoms with van der Waals surface area (Å²) in [5.74, 6) is -0.0461. The Labute approximate surface area is 213 Å². The lowest BCUT2D eigenvalue weighted by Gasteiger charge is -2.21. The van der Waals surface area contributed by atoms with Gasteiger partial charge in [0.2, 0.25) is 0 Å². The van der Waals surface area contributed by atoms with E-state index in [1.165, 1.54) is 16.5 Å². The predicted molar refractivity (Wildman–Crippen MR) is 148 cm³/mol. The van der Waals surface area contributed by atoms with Crippen molar-refractivity contribution in [2.45, 2.75) is 34.1 Å². The van der Waals surface area contributed by atoms with Gasteiger partial charge in [0.1, 0.15) is 11.6 Å². The quantitative estimate of drug-likeness (QED) is 0.179. The number of rotatable bonds is 12. The Morgan fingerprint density at radius 2 is 1.86 bits per heavy atom. The summed E-state index contributed by atoms with van der Waals surface area (Å²) in [6, 6.07) is 19.1. The van der Waals surface area contributed by atoms with Crippen LogP contribution in [0.4, 0.5) is 5.69 Å². The van der Waals surface area contributed by atoms with Crippen LogP contribution in [-0.4, -0.2) is 38.8 Å². The number of hydrogen-bond acceptors (Lipinski definition) is 5. The van der Waals surface area contributed by atoms with Crippen molar-refractivity contribution in [2.24, 2.45) is 5.92 Å². The molecule has 0 fully saturated rings. The van der Waals surface area contributed by atoms with Gasteiger partial charge in [0, 0.05) is 48.3 Å². The van der Waals surface area contributed by atoms with Crippen molar-refractivity contribution in [3.05, 3.63) is 59.0 Å². The van der Waals surface area contributed by atoms with Crippen LogP contribution >= 0.6 is 11.3 Å². The van der Waals surface area contributed by atoms with E-state index >= 15 is 0 Å². The average molecular weight is 490 g/mol. The summed E-state index contributed by atoms with van der Waals surface area (Å²) in [5, 5.41) is 14.8. The zero-order chi connectivity index (χ0) is 25.2. The molecule has 0 aliphatic rings. The number of fused-ring (bicyclic) bond motifs is 1. The smallest absolute Gasteiger partial charge is 0.261 e. The zero-order valence-corrected chi connectivity index (χ0v) is 22.0. The SMILES string of the molecule is CCOCCC(C)CNC(=O)/C(C#N)=C/c1ccc(-c2ccc3cc(N(CC)CC)ccc3c2)s1. The van der Waals surface area contributed by atoms with E-state index in [1.54, 1.807) is 17.4 Å². The van der Waals surface area contributed by atoms with Crippen LogP contribution in [0.2, 0.25) is 0 Å². The van der Waals surface area contributed by atoms with Crippen molar-refractivity contribution in [3.63, 3.8) is 0 Å². The molecule has 0 aliphatic heterocycles. The molecule has 0 aliphatic carbocycles. The molecule has 0 spiro atoms. The highest BCUT2D eigenvalue weighted by Gasteiger charge is 2.12. The maximum Gasteiger partial charge on any atom is 0.261 e. The number of carbonyl (C=O) groups is 1. The molecule has 3 rings (SSSR count). The fourth-order valence-corrected chi connectivity index (χ4v) is 4.89. The second-order valence-electron chi connectivity index (χ2n) is 8.59. The molecule has 1 unspecified atom stereocenters. The Morgan fingerprint density at radius 1 is 1.11 bits per heavy atom. The maximum atomic E-state index is 12.5. The summed E-state index contributed by atoms with van der Waals surface area (Å²) >= 11 is 1.58. The van der Waals surface area contributed by atoms with E-state index in [2.05, 4.69) is 73.5 Å². The number of anilines is 1. The molecule has 0 bridgehead atoms. The first kappa shape index (κ1) is 26.5. The fraction of sp³-hybridized carbons (Fsp3) is 0.379. The number of nitriles is 1. The minimum absolute atomic E-state index is 0.123. The summed E-state index contributed by atoms with van der Waals surface area (Å²) in [6.07, 6.45) is 2.54. The highest BCUT2D eigenvalue weighted by molar-refractivity contribution is 7.16. The number of carbonyl (C=O) groups excluding carboxylic acids is 1. The number of hydrogen-bond donors (Lipinski definition) is 1. The van der Waals surface area contributed by atoms with Gasteiger partial charge in [-0.05, 0) is 85.9 Å². The van der Waals surface area contributed by atoms with E-state index in [1.807, 2.05) is 19.1 Å². The van der Waals surface area contributed by atoms with Crippen LogP contribution in [0.25, 0.3) is 27.3 Å². The topological polar surface area (TPSA) is 65.4 Å². The molecule has 1 atom stereocenters. The first-order chi connectivity index (χ1) is 17.0. The molecule has 2 aromatic carbocycles. The first-order valence-corrected chi connectivity index (χ1v) is 13.2. The molecule has 0 saturated carbocycles. The minimum Gasteiger partial charge on any atom is -0.382 e. The largest absolute Gasteiger partial charge is 0.382 e. The zero-order valence-electron chi connectivity index (χ0n) is 21.1. The summed E-state index contributed by atoms with van der Waals surface area (Å²) in [6.45, 7) is 12.2. The van der Waals surface area contributed by atoms with Crippen molar-refractivity contribution in [3.8, 4) is 16.5 Å². The first-order valence-electron chi connectivity index (χ1n) is 12.4. The Kier molecular flexibility index (Phi) is 9.89. The predicted octanol–water partition coefficient (Wildman–Crippen LogP) is 6.50. The molecule has 184 valence electrons. The van der Waals surface area contributed by atoms with Crippen molar-refractivity contribution in [2.75, 3.05) is 37.7 Å². The van der Waals surface area contributed by atoms with Crippen LogP contribution in [0.15, 0.2) is 54.1 Å². The van der Waals surface area contributed by atoms with Gasteiger partial charge in [-0.25, -0.2) is 0 Å². The fourth-order valence-electron chi connectivity index (χ4n) is 3.94. The van der Waals surface area contributed by atoms with E-state index in [4.69, 9.17) is 4.74 Å². The number of ether oxygens (including phenoxy) is 1. The molecule has 1 heterocycles. The highest BCUT2D eigenvalue weighted by Crippen LogP contribution is 2.32. The van der Waals surface area contributed by atoms with Gasteiger partial charge in [-0.2, -0.15) is 5.26 Å². The summed E-state index contributed by atoms with van der Waals surface area (Å²) < 4.78 is 5.37. The lowest BCUT2D eigenvalue weighted by molar-refractivity contribution is -0.117. The van der Waals surface area contributed by atoms with Gasteiger partial charge >= 0.3 is 0 Å². The molecule has 5 nitrogen and oxygen atoms in total. The number of amides is 1. The van der Waals surface area contributed by atoms with Gasteiger partial charge in [0.05, 0.1) is 0 Å². The highest BCUT2D eigenvalue weighted by atomic mass is 32.1. The minimum atomic E-state index is -0.333. The standard InChI is InChI=1S/C29H35N3O2S/c1-5-32(6-2)26-11-10-22-16-24(9-8-23(22)17-26)28-13-12-27(35-28)18-25(19-30)29(33)31-20-21(4)14-15-34-7-3/h8-13,16-18,21H,5-7,14-15,20H2,1-4H3,(H,31,33)/b25-18+. The molecule has 35 heavy (non-hydrogen) atoms. The Balaban J connectivity index is 1.70. The van der Waals surface area contributed by atoms with Gasteiger partial charge in [0.15, 0.2) is 0 Å². The van der Waals surface area contributed by atoms with Crippen LogP contribution in [-0.2, 0) is 9.53 Å². The molecular weight excluding hydrogens is 454 g/mol. The van der Waals surface area contributed by atoms with Crippen LogP contribution in [0.5, 0.6) is 0 Å². The van der Waals surface area contributed by atoms with Crippen LogP contribution in [0.1, 0.15) is 39.0 Å². The van der Waals surface area contributed by atoms with Crippen molar-refractivity contribution in [1.82, 2.24) is 5.32 Å². The van der Waals surface area contributed by atoms with Gasteiger partial charge < -0.3 is 15.0 Å². The van der Waals surface area contributed by atoms with E-state index in [0.29, 0.717) is 19.8 Å². The van der Waals surface area contributed by atoms with Crippen LogP contribution in [0, 0.1) is 17.2 Å². The monoisotopic (exact) mass is 489 g/mol. The molecule has 3 aromatic rings. The van der Waals surface area contributed by atoms with Crippen molar-refractivity contribution in [1.29, 1.82) is 5.26 Å². The normalized spacial score (nSPS) is 12.4. The molecule has 0 saturated heterocycles. The average Bonchev–Trinajstić information content (AvgIpc) is 3.35. The Morgan fingerprint density at radius 3 is 2.57 bits per heavy atom. The van der Waals surface area contributed by atoms with Gasteiger partial charge in [0.25, 0.3) is 5.91 Å². The summed E-state index contributed by atoms with van der Waals surface area (Å²) in [5.41, 5.74) is 2.49. The van der Waals surface area contributed by atoms with Crippen molar-refractivity contribution >= 4 is 39.8 Å². The molecule has 1 N–H and O–H groups in total. The molecular formula is C29H35N3O2S. The van der Waals surface area contributed by atoms with E-state index < -0.39 is 0 Å². The third-order valence-corrected chi connectivity index (χ3v) is 7.17. The molecule has 6 heteroatoms. The van der Waals surface area contributed by atoms with Crippen LogP contribution in [0.3, 0.4) is 0 Å². The van der Waals surface area contributed by atoms with E-state index in [-0.39, 0.29) is 17.4 Å². The van der Waals surface area contributed by atoms with E-state index in [9.17, 15) is 10.1 Å². The number of nitrogens with one attached hydrogen (secondary N) is 1. The molecule has 1 amide bonds. The number of nitrogens with zero attached hydrogens (tertiary/aromatic N) is 2. The number of thiophene rings is 1. The second-order valence-corrected chi connectivity index (χ2v) is 9.71. The summed E-state index contributed by atoms with van der Waals surface area (Å²) in [7, 11) is 0. The Bertz CT molecular complexity index is 1200. The third-order valence-electron chi connectivity index (χ3n) is 6.09. The van der Waals surface area contributed by atoms with Gasteiger partial charge in [-0.1, -0.05) is 25.1 Å². The number of benzene rings is 2. The van der Waals surface area contributed by atoms with Crippen LogP contribution < -0.4 is 10.2 Å². The van der Waals surface area contributed by atoms with Crippen molar-refractivity contribution < 1.29 is 9.53 Å². The second kappa shape index (κ2) is 13.1. The lowest BCUT2D eigenvalue weighted by Crippen LogP contribution is -2.29. The van der Waals surface area contributed by atoms with Gasteiger partial charge in [-0.15, -0.1) is 11.3 Å². The summed E-state index contributed by atoms with van der Waals surface area (Å²) in [4.78, 5) is 16.9. The van der Waals surface area contributed by atoms with Gasteiger partial charge in [-0.3, -0.25) is 4.79 Å². The Hall–Kier alpha value is -3.14. The van der Waals surface area contributed by atoms with E-state index in [0.717, 1.165) is 34.8 Å². The lowest BCUT2D eigenvalue weighted by atomic mass is 10.0. The molecule has 1 aromatic heterocycles.